The van der Waals surface area contributed by atoms with Crippen molar-refractivity contribution < 1.29 is 14.6 Å². The Bertz CT molecular complexity index is 1160. The Hall–Kier alpha value is -2.93. The molecule has 188 valence electrons. The average molecular weight is 479 g/mol. The summed E-state index contributed by atoms with van der Waals surface area (Å²) in [6, 6.07) is 7.61. The molecule has 4 rings (SSSR count). The van der Waals surface area contributed by atoms with E-state index in [1.54, 1.807) is 0 Å². The first kappa shape index (κ1) is 25.2. The largest absolute Gasteiger partial charge is 0.506 e. The van der Waals surface area contributed by atoms with Crippen LogP contribution in [0.3, 0.4) is 0 Å². The molecule has 1 saturated heterocycles. The van der Waals surface area contributed by atoms with Gasteiger partial charge in [-0.15, -0.1) is 15.0 Å². The Labute approximate surface area is 207 Å². The van der Waals surface area contributed by atoms with Crippen molar-refractivity contribution in [1.82, 2.24) is 20.3 Å². The van der Waals surface area contributed by atoms with Gasteiger partial charge in [-0.3, -0.25) is 0 Å². The van der Waals surface area contributed by atoms with Crippen molar-refractivity contribution in [3.05, 3.63) is 53.8 Å². The van der Waals surface area contributed by atoms with Crippen molar-refractivity contribution in [3.63, 3.8) is 0 Å². The van der Waals surface area contributed by atoms with Crippen LogP contribution in [-0.2, 0) is 9.53 Å². The van der Waals surface area contributed by atoms with Crippen LogP contribution in [0.1, 0.15) is 67.7 Å². The number of esters is 1. The molecular weight excluding hydrogens is 440 g/mol. The van der Waals surface area contributed by atoms with Crippen LogP contribution in [0.15, 0.2) is 53.8 Å². The number of aromatic nitrogens is 3. The summed E-state index contributed by atoms with van der Waals surface area (Å²) in [5.41, 5.74) is 2.50. The molecule has 1 aliphatic heterocycles. The van der Waals surface area contributed by atoms with E-state index >= 15 is 0 Å². The first-order chi connectivity index (χ1) is 16.2. The number of carbonyl (C=O) groups is 1. The minimum atomic E-state index is -0.336. The topological polar surface area (TPSA) is 89.3 Å². The highest BCUT2D eigenvalue weighted by molar-refractivity contribution is 5.82. The molecule has 0 radical (unpaired) electrons. The second-order valence-corrected chi connectivity index (χ2v) is 12.2. The van der Waals surface area contributed by atoms with E-state index in [-0.39, 0.29) is 40.2 Å². The van der Waals surface area contributed by atoms with Gasteiger partial charge >= 0.3 is 5.97 Å². The number of carbonyl (C=O) groups excluding carboxylic acids is 1. The summed E-state index contributed by atoms with van der Waals surface area (Å²) in [6.45, 7) is 14.8. The SMILES string of the molecule is CC1(C)CC(OC(=O)C=CC2C=C(n3nc4ccccc4n3)C(O)=C(C(C)(C)C)C2)CC(C)(C)N1. The molecular formula is C28H38N4O3. The lowest BCUT2D eigenvalue weighted by Gasteiger charge is -2.45. The predicted molar refractivity (Wildman–Crippen MR) is 139 cm³/mol. The Balaban J connectivity index is 1.56. The molecule has 1 aliphatic carbocycles. The number of aliphatic hydroxyl groups is 1. The molecule has 7 nitrogen and oxygen atoms in total. The van der Waals surface area contributed by atoms with Gasteiger partial charge in [-0.25, -0.2) is 4.79 Å². The van der Waals surface area contributed by atoms with Crippen LogP contribution in [-0.4, -0.2) is 43.3 Å². The van der Waals surface area contributed by atoms with Crippen LogP contribution >= 0.6 is 0 Å². The second kappa shape index (κ2) is 8.94. The Morgan fingerprint density at radius 2 is 1.69 bits per heavy atom. The third kappa shape index (κ3) is 5.84. The third-order valence-corrected chi connectivity index (χ3v) is 6.66. The lowest BCUT2D eigenvalue weighted by atomic mass is 9.77. The smallest absolute Gasteiger partial charge is 0.330 e. The molecule has 35 heavy (non-hydrogen) atoms. The number of ether oxygens (including phenoxy) is 1. The molecule has 1 aromatic heterocycles. The third-order valence-electron chi connectivity index (χ3n) is 6.66. The predicted octanol–water partition coefficient (Wildman–Crippen LogP) is 5.56. The average Bonchev–Trinajstić information content (AvgIpc) is 3.13. The number of hydrogen-bond acceptors (Lipinski definition) is 6. The Kier molecular flexibility index (Phi) is 6.43. The van der Waals surface area contributed by atoms with Crippen molar-refractivity contribution in [2.45, 2.75) is 84.9 Å². The molecule has 0 amide bonds. The fourth-order valence-electron chi connectivity index (χ4n) is 5.46. The van der Waals surface area contributed by atoms with Crippen LogP contribution in [0.4, 0.5) is 0 Å². The van der Waals surface area contributed by atoms with Gasteiger partial charge in [0.05, 0.1) is 0 Å². The fourth-order valence-corrected chi connectivity index (χ4v) is 5.46. The normalized spacial score (nSPS) is 23.1. The van der Waals surface area contributed by atoms with Gasteiger partial charge in [-0.1, -0.05) is 39.0 Å². The molecule has 0 saturated carbocycles. The molecule has 2 heterocycles. The Morgan fingerprint density at radius 3 is 2.23 bits per heavy atom. The molecule has 2 N–H and O–H groups in total. The summed E-state index contributed by atoms with van der Waals surface area (Å²) in [7, 11) is 0. The number of nitrogens with zero attached hydrogens (tertiary/aromatic N) is 3. The standard InChI is InChI=1S/C28H38N4O3/c1-26(2,3)20-14-18(12-13-24(33)35-19-16-27(4,5)31-28(6,7)17-19)15-23(25(20)34)32-29-21-10-8-9-11-22(21)30-32/h8-13,15,18-19,31,34H,14,16-17H2,1-7H3. The van der Waals surface area contributed by atoms with Gasteiger partial charge in [0, 0.05) is 35.9 Å². The Morgan fingerprint density at radius 1 is 1.11 bits per heavy atom. The quantitative estimate of drug-likeness (QED) is 0.442. The van der Waals surface area contributed by atoms with E-state index in [9.17, 15) is 9.90 Å². The molecule has 1 aromatic carbocycles. The molecule has 0 spiro atoms. The number of fused-ring (bicyclic) bond motifs is 1. The number of piperidine rings is 1. The molecule has 2 aromatic rings. The van der Waals surface area contributed by atoms with E-state index in [1.165, 1.54) is 10.9 Å². The van der Waals surface area contributed by atoms with E-state index < -0.39 is 0 Å². The highest BCUT2D eigenvalue weighted by atomic mass is 16.5. The summed E-state index contributed by atoms with van der Waals surface area (Å²) in [5.74, 6) is -0.237. The summed E-state index contributed by atoms with van der Waals surface area (Å²) in [6.07, 6.45) is 7.32. The van der Waals surface area contributed by atoms with Gasteiger partial charge in [0.2, 0.25) is 0 Å². The maximum atomic E-state index is 12.7. The molecule has 1 unspecified atom stereocenters. The minimum absolute atomic E-state index is 0.0956. The maximum absolute atomic E-state index is 12.7. The molecule has 2 aliphatic rings. The maximum Gasteiger partial charge on any atom is 0.330 e. The van der Waals surface area contributed by atoms with E-state index in [0.29, 0.717) is 12.1 Å². The van der Waals surface area contributed by atoms with Gasteiger partial charge in [-0.05, 0) is 63.3 Å². The zero-order valence-electron chi connectivity index (χ0n) is 21.9. The van der Waals surface area contributed by atoms with Crippen LogP contribution < -0.4 is 5.32 Å². The van der Waals surface area contributed by atoms with Gasteiger partial charge in [0.15, 0.2) is 0 Å². The summed E-state index contributed by atoms with van der Waals surface area (Å²) in [5, 5.41) is 23.9. The van der Waals surface area contributed by atoms with Crippen LogP contribution in [0.25, 0.3) is 16.7 Å². The van der Waals surface area contributed by atoms with Crippen molar-refractivity contribution in [2.24, 2.45) is 11.3 Å². The van der Waals surface area contributed by atoms with Crippen molar-refractivity contribution >= 4 is 22.7 Å². The molecule has 7 heteroatoms. The second-order valence-electron chi connectivity index (χ2n) is 12.2. The number of hydrogen-bond donors (Lipinski definition) is 2. The first-order valence-electron chi connectivity index (χ1n) is 12.4. The number of allylic oxidation sites excluding steroid dienone is 4. The van der Waals surface area contributed by atoms with Crippen molar-refractivity contribution in [3.8, 4) is 0 Å². The zero-order valence-corrected chi connectivity index (χ0v) is 21.9. The van der Waals surface area contributed by atoms with Gasteiger partial charge in [0.25, 0.3) is 0 Å². The zero-order chi connectivity index (χ0) is 25.6. The molecule has 1 atom stereocenters. The van der Waals surface area contributed by atoms with E-state index in [4.69, 9.17) is 4.74 Å². The van der Waals surface area contributed by atoms with Crippen molar-refractivity contribution in [2.75, 3.05) is 0 Å². The summed E-state index contributed by atoms with van der Waals surface area (Å²) in [4.78, 5) is 14.2. The molecule has 1 fully saturated rings. The van der Waals surface area contributed by atoms with E-state index in [1.807, 2.05) is 36.4 Å². The van der Waals surface area contributed by atoms with Crippen LogP contribution in [0, 0.1) is 11.3 Å². The van der Waals surface area contributed by atoms with Crippen LogP contribution in [0.5, 0.6) is 0 Å². The number of aliphatic hydroxyl groups excluding tert-OH is 1. The monoisotopic (exact) mass is 478 g/mol. The fraction of sp³-hybridized carbons (Fsp3) is 0.536. The van der Waals surface area contributed by atoms with Gasteiger partial charge < -0.3 is 15.2 Å². The van der Waals surface area contributed by atoms with E-state index in [0.717, 1.165) is 29.4 Å². The number of nitrogens with one attached hydrogen (secondary N) is 1. The van der Waals surface area contributed by atoms with Crippen LogP contribution in [0.2, 0.25) is 0 Å². The highest BCUT2D eigenvalue weighted by Gasteiger charge is 2.39. The van der Waals surface area contributed by atoms with Gasteiger partial charge in [-0.2, -0.15) is 0 Å². The molecule has 0 bridgehead atoms. The number of benzene rings is 1. The van der Waals surface area contributed by atoms with E-state index in [2.05, 4.69) is 64.0 Å². The lowest BCUT2D eigenvalue weighted by Crippen LogP contribution is -2.59. The lowest BCUT2D eigenvalue weighted by molar-refractivity contribution is -0.147. The minimum Gasteiger partial charge on any atom is -0.506 e. The first-order valence-corrected chi connectivity index (χ1v) is 12.4. The van der Waals surface area contributed by atoms with Gasteiger partial charge in [0.1, 0.15) is 28.6 Å². The number of rotatable bonds is 4. The summed E-state index contributed by atoms with van der Waals surface area (Å²) >= 11 is 0. The highest BCUT2D eigenvalue weighted by Crippen LogP contribution is 2.40. The summed E-state index contributed by atoms with van der Waals surface area (Å²) < 4.78 is 5.84. The van der Waals surface area contributed by atoms with Crippen molar-refractivity contribution in [1.29, 1.82) is 0 Å².